The van der Waals surface area contributed by atoms with Crippen LogP contribution >= 0.6 is 11.6 Å². The Morgan fingerprint density at radius 1 is 1.11 bits per heavy atom. The maximum absolute atomic E-state index is 5.98. The molecular formula is C15H16ClNO. The molecule has 1 atom stereocenters. The number of halogens is 1. The molecular weight excluding hydrogens is 246 g/mol. The molecule has 0 fully saturated rings. The molecule has 0 aliphatic rings. The number of ether oxygens (including phenoxy) is 1. The lowest BCUT2D eigenvalue weighted by Crippen LogP contribution is -2.03. The first-order chi connectivity index (χ1) is 8.56. The minimum Gasteiger partial charge on any atom is -0.486 e. The van der Waals surface area contributed by atoms with E-state index in [9.17, 15) is 0 Å². The van der Waals surface area contributed by atoms with Gasteiger partial charge in [0.15, 0.2) is 0 Å². The van der Waals surface area contributed by atoms with Crippen molar-refractivity contribution in [3.8, 4) is 5.75 Å². The summed E-state index contributed by atoms with van der Waals surface area (Å²) < 4.78 is 5.88. The Labute approximate surface area is 112 Å². The topological polar surface area (TPSA) is 35.2 Å². The molecule has 2 rings (SSSR count). The van der Waals surface area contributed by atoms with Gasteiger partial charge in [0.1, 0.15) is 11.9 Å². The zero-order chi connectivity index (χ0) is 13.1. The molecule has 0 heterocycles. The van der Waals surface area contributed by atoms with E-state index in [0.29, 0.717) is 0 Å². The lowest BCUT2D eigenvalue weighted by Gasteiger charge is -2.16. The molecule has 0 aromatic heterocycles. The largest absolute Gasteiger partial charge is 0.486 e. The van der Waals surface area contributed by atoms with Gasteiger partial charge in [0.05, 0.1) is 0 Å². The molecule has 94 valence electrons. The van der Waals surface area contributed by atoms with Crippen molar-refractivity contribution in [3.05, 3.63) is 58.6 Å². The molecule has 0 saturated heterocycles. The fourth-order valence-electron chi connectivity index (χ4n) is 1.73. The summed E-state index contributed by atoms with van der Waals surface area (Å²) in [5.41, 5.74) is 8.53. The van der Waals surface area contributed by atoms with Crippen LogP contribution in [0.3, 0.4) is 0 Å². The van der Waals surface area contributed by atoms with Crippen molar-refractivity contribution >= 4 is 17.3 Å². The molecule has 18 heavy (non-hydrogen) atoms. The maximum Gasteiger partial charge on any atom is 0.121 e. The Morgan fingerprint density at radius 3 is 2.39 bits per heavy atom. The maximum atomic E-state index is 5.98. The van der Waals surface area contributed by atoms with E-state index in [1.54, 1.807) is 0 Å². The Bertz CT molecular complexity index is 537. The van der Waals surface area contributed by atoms with Gasteiger partial charge < -0.3 is 10.5 Å². The minimum atomic E-state index is -0.0221. The van der Waals surface area contributed by atoms with Crippen molar-refractivity contribution in [1.82, 2.24) is 0 Å². The number of anilines is 1. The molecule has 1 unspecified atom stereocenters. The van der Waals surface area contributed by atoms with Gasteiger partial charge in [-0.3, -0.25) is 0 Å². The molecule has 0 bridgehead atoms. The van der Waals surface area contributed by atoms with Crippen molar-refractivity contribution in [2.24, 2.45) is 0 Å². The zero-order valence-corrected chi connectivity index (χ0v) is 11.2. The highest BCUT2D eigenvalue weighted by Crippen LogP contribution is 2.26. The highest BCUT2D eigenvalue weighted by atomic mass is 35.5. The number of benzene rings is 2. The van der Waals surface area contributed by atoms with Crippen LogP contribution in [0.5, 0.6) is 5.75 Å². The van der Waals surface area contributed by atoms with Crippen molar-refractivity contribution in [2.75, 3.05) is 5.73 Å². The van der Waals surface area contributed by atoms with E-state index in [0.717, 1.165) is 27.6 Å². The number of rotatable bonds is 3. The van der Waals surface area contributed by atoms with Crippen molar-refractivity contribution in [1.29, 1.82) is 0 Å². The van der Waals surface area contributed by atoms with E-state index >= 15 is 0 Å². The van der Waals surface area contributed by atoms with Crippen LogP contribution in [0.1, 0.15) is 24.2 Å². The highest BCUT2D eigenvalue weighted by Gasteiger charge is 2.07. The number of aryl methyl sites for hydroxylation is 1. The molecule has 0 amide bonds. The van der Waals surface area contributed by atoms with Crippen LogP contribution in [0, 0.1) is 6.92 Å². The van der Waals surface area contributed by atoms with Crippen molar-refractivity contribution < 1.29 is 4.74 Å². The normalized spacial score (nSPS) is 12.2. The number of hydrogen-bond acceptors (Lipinski definition) is 2. The van der Waals surface area contributed by atoms with E-state index in [1.807, 2.05) is 56.3 Å². The van der Waals surface area contributed by atoms with E-state index < -0.39 is 0 Å². The van der Waals surface area contributed by atoms with Gasteiger partial charge in [0, 0.05) is 10.7 Å². The van der Waals surface area contributed by atoms with Crippen molar-refractivity contribution in [3.63, 3.8) is 0 Å². The summed E-state index contributed by atoms with van der Waals surface area (Å²) in [6.07, 6.45) is -0.0221. The van der Waals surface area contributed by atoms with Crippen LogP contribution in [0.2, 0.25) is 5.02 Å². The van der Waals surface area contributed by atoms with E-state index in [4.69, 9.17) is 22.1 Å². The van der Waals surface area contributed by atoms with Gasteiger partial charge in [0.25, 0.3) is 0 Å². The molecule has 0 saturated carbocycles. The van der Waals surface area contributed by atoms with E-state index in [1.165, 1.54) is 0 Å². The van der Waals surface area contributed by atoms with Crippen LogP contribution < -0.4 is 10.5 Å². The summed E-state index contributed by atoms with van der Waals surface area (Å²) in [4.78, 5) is 0. The smallest absolute Gasteiger partial charge is 0.121 e. The summed E-state index contributed by atoms with van der Waals surface area (Å²) in [5.74, 6) is 0.821. The quantitative estimate of drug-likeness (QED) is 0.833. The molecule has 3 heteroatoms. The highest BCUT2D eigenvalue weighted by molar-refractivity contribution is 6.31. The fourth-order valence-corrected chi connectivity index (χ4v) is 1.85. The molecule has 2 N–H and O–H groups in total. The molecule has 2 nitrogen and oxygen atoms in total. The first-order valence-corrected chi connectivity index (χ1v) is 6.22. The van der Waals surface area contributed by atoms with Gasteiger partial charge in [0.2, 0.25) is 0 Å². The summed E-state index contributed by atoms with van der Waals surface area (Å²) >= 11 is 5.98. The Morgan fingerprint density at radius 2 is 1.78 bits per heavy atom. The van der Waals surface area contributed by atoms with Gasteiger partial charge in [-0.25, -0.2) is 0 Å². The predicted molar refractivity (Wildman–Crippen MR) is 76.1 cm³/mol. The van der Waals surface area contributed by atoms with Gasteiger partial charge in [-0.1, -0.05) is 23.7 Å². The Hall–Kier alpha value is -1.67. The summed E-state index contributed by atoms with van der Waals surface area (Å²) in [6, 6.07) is 13.4. The second-order valence-electron chi connectivity index (χ2n) is 4.34. The van der Waals surface area contributed by atoms with E-state index in [2.05, 4.69) is 0 Å². The van der Waals surface area contributed by atoms with Crippen LogP contribution in [0.25, 0.3) is 0 Å². The molecule has 0 aliphatic carbocycles. The fraction of sp³-hybridized carbons (Fsp3) is 0.200. The van der Waals surface area contributed by atoms with Crippen LogP contribution in [0.4, 0.5) is 5.69 Å². The monoisotopic (exact) mass is 261 g/mol. The predicted octanol–water partition coefficient (Wildman–Crippen LogP) is 4.37. The molecule has 0 aliphatic heterocycles. The third-order valence-electron chi connectivity index (χ3n) is 2.85. The van der Waals surface area contributed by atoms with E-state index in [-0.39, 0.29) is 6.10 Å². The van der Waals surface area contributed by atoms with Gasteiger partial charge in [-0.2, -0.15) is 0 Å². The molecule has 0 spiro atoms. The number of nitrogen functional groups attached to an aromatic ring is 1. The van der Waals surface area contributed by atoms with Gasteiger partial charge in [-0.15, -0.1) is 0 Å². The Kier molecular flexibility index (Phi) is 3.78. The third-order valence-corrected chi connectivity index (χ3v) is 3.27. The third kappa shape index (κ3) is 2.96. The molecule has 2 aromatic rings. The van der Waals surface area contributed by atoms with Crippen molar-refractivity contribution in [2.45, 2.75) is 20.0 Å². The summed E-state index contributed by atoms with van der Waals surface area (Å²) in [5, 5.41) is 0.752. The summed E-state index contributed by atoms with van der Waals surface area (Å²) in [6.45, 7) is 3.97. The summed E-state index contributed by atoms with van der Waals surface area (Å²) in [7, 11) is 0. The number of nitrogens with two attached hydrogens (primary N) is 1. The molecule has 2 aromatic carbocycles. The van der Waals surface area contributed by atoms with Crippen LogP contribution in [-0.4, -0.2) is 0 Å². The number of hydrogen-bond donors (Lipinski definition) is 1. The average molecular weight is 262 g/mol. The lowest BCUT2D eigenvalue weighted by atomic mass is 10.1. The first kappa shape index (κ1) is 12.8. The minimum absolute atomic E-state index is 0.0221. The molecule has 0 radical (unpaired) electrons. The average Bonchev–Trinajstić information content (AvgIpc) is 2.34. The SMILES string of the molecule is Cc1cc(OC(C)c2ccc(N)cc2)ccc1Cl. The second kappa shape index (κ2) is 5.32. The van der Waals surface area contributed by atoms with Crippen LogP contribution in [0.15, 0.2) is 42.5 Å². The van der Waals surface area contributed by atoms with Gasteiger partial charge >= 0.3 is 0 Å². The lowest BCUT2D eigenvalue weighted by molar-refractivity contribution is 0.227. The second-order valence-corrected chi connectivity index (χ2v) is 4.74. The zero-order valence-electron chi connectivity index (χ0n) is 10.5. The van der Waals surface area contributed by atoms with Crippen LogP contribution in [-0.2, 0) is 0 Å². The first-order valence-electron chi connectivity index (χ1n) is 5.84. The Balaban J connectivity index is 2.13. The standard InChI is InChI=1S/C15H16ClNO/c1-10-9-14(7-8-15(10)16)18-11(2)12-3-5-13(17)6-4-12/h3-9,11H,17H2,1-2H3. The van der Waals surface area contributed by atoms with Gasteiger partial charge in [-0.05, 0) is 55.3 Å².